The van der Waals surface area contributed by atoms with Gasteiger partial charge in [0.2, 0.25) is 0 Å². The molecule has 1 heteroatoms. The highest BCUT2D eigenvalue weighted by atomic mass is 16.3. The van der Waals surface area contributed by atoms with Gasteiger partial charge in [-0.25, -0.2) is 0 Å². The summed E-state index contributed by atoms with van der Waals surface area (Å²) in [4.78, 5) is 0. The van der Waals surface area contributed by atoms with Crippen molar-refractivity contribution in [2.24, 2.45) is 0 Å². The average Bonchev–Trinajstić information content (AvgIpc) is 2.47. The largest absolute Gasteiger partial charge is 0.508 e. The van der Waals surface area contributed by atoms with Gasteiger partial charge >= 0.3 is 0 Å². The summed E-state index contributed by atoms with van der Waals surface area (Å²) < 4.78 is 0. The smallest absolute Gasteiger partial charge is 0.115 e. The van der Waals surface area contributed by atoms with Crippen molar-refractivity contribution in [2.45, 2.75) is 38.5 Å². The van der Waals surface area contributed by atoms with Crippen LogP contribution in [0.2, 0.25) is 0 Å². The Bertz CT molecular complexity index is 501. The summed E-state index contributed by atoms with van der Waals surface area (Å²) in [5.74, 6) is 0.332. The number of phenolic OH excluding ortho intramolecular Hbond substituents is 1. The van der Waals surface area contributed by atoms with Gasteiger partial charge in [0.05, 0.1) is 0 Å². The zero-order chi connectivity index (χ0) is 13.7. The first-order valence-electron chi connectivity index (χ1n) is 7.08. The molecule has 2 aromatic carbocycles. The van der Waals surface area contributed by atoms with E-state index in [-0.39, 0.29) is 5.41 Å². The van der Waals surface area contributed by atoms with Crippen LogP contribution in [0, 0.1) is 0 Å². The molecule has 100 valence electrons. The van der Waals surface area contributed by atoms with Gasteiger partial charge < -0.3 is 5.11 Å². The minimum atomic E-state index is 0.0592. The lowest BCUT2D eigenvalue weighted by Crippen LogP contribution is -2.26. The van der Waals surface area contributed by atoms with E-state index in [1.807, 2.05) is 0 Å². The number of hydrogen-bond donors (Lipinski definition) is 1. The fourth-order valence-electron chi connectivity index (χ4n) is 3.00. The first-order valence-corrected chi connectivity index (χ1v) is 7.08. The molecule has 0 aromatic heterocycles. The van der Waals surface area contributed by atoms with Gasteiger partial charge in [0, 0.05) is 5.41 Å². The second-order valence-corrected chi connectivity index (χ2v) is 5.10. The van der Waals surface area contributed by atoms with Crippen LogP contribution in [0.3, 0.4) is 0 Å². The highest BCUT2D eigenvalue weighted by Crippen LogP contribution is 2.40. The van der Waals surface area contributed by atoms with Crippen LogP contribution in [-0.4, -0.2) is 5.11 Å². The molecule has 1 N–H and O–H groups in total. The number of hydrogen-bond acceptors (Lipinski definition) is 1. The van der Waals surface area contributed by atoms with Crippen LogP contribution < -0.4 is 0 Å². The minimum absolute atomic E-state index is 0.0592. The maximum Gasteiger partial charge on any atom is 0.115 e. The summed E-state index contributed by atoms with van der Waals surface area (Å²) in [7, 11) is 0. The second-order valence-electron chi connectivity index (χ2n) is 5.10. The molecule has 0 aliphatic heterocycles. The van der Waals surface area contributed by atoms with Gasteiger partial charge in [-0.15, -0.1) is 0 Å². The topological polar surface area (TPSA) is 20.2 Å². The van der Waals surface area contributed by atoms with Gasteiger partial charge in [0.25, 0.3) is 0 Å². The molecule has 0 heterocycles. The van der Waals surface area contributed by atoms with Gasteiger partial charge in [-0.3, -0.25) is 0 Å². The van der Waals surface area contributed by atoms with E-state index in [0.717, 1.165) is 19.3 Å². The van der Waals surface area contributed by atoms with E-state index in [9.17, 15) is 5.11 Å². The number of rotatable bonds is 5. The predicted octanol–water partition coefficient (Wildman–Crippen LogP) is 4.89. The van der Waals surface area contributed by atoms with E-state index >= 15 is 0 Å². The maximum atomic E-state index is 9.50. The Morgan fingerprint density at radius 2 is 1.42 bits per heavy atom. The normalized spacial score (nSPS) is 14.0. The third-order valence-electron chi connectivity index (χ3n) is 4.03. The highest BCUT2D eigenvalue weighted by molar-refractivity contribution is 5.41. The van der Waals surface area contributed by atoms with E-state index in [1.165, 1.54) is 11.1 Å². The van der Waals surface area contributed by atoms with Crippen LogP contribution in [0.1, 0.15) is 44.2 Å². The summed E-state index contributed by atoms with van der Waals surface area (Å²) in [6, 6.07) is 18.4. The molecule has 0 saturated carbocycles. The van der Waals surface area contributed by atoms with Crippen LogP contribution in [-0.2, 0) is 5.41 Å². The number of benzene rings is 2. The van der Waals surface area contributed by atoms with E-state index < -0.39 is 0 Å². The van der Waals surface area contributed by atoms with Crippen molar-refractivity contribution in [2.75, 3.05) is 0 Å². The lowest BCUT2D eigenvalue weighted by Gasteiger charge is -2.34. The van der Waals surface area contributed by atoms with Crippen molar-refractivity contribution in [1.29, 1.82) is 0 Å². The summed E-state index contributed by atoms with van der Waals surface area (Å²) in [5.41, 5.74) is 2.72. The molecule has 19 heavy (non-hydrogen) atoms. The van der Waals surface area contributed by atoms with E-state index in [4.69, 9.17) is 0 Å². The fraction of sp³-hybridized carbons (Fsp3) is 0.333. The van der Waals surface area contributed by atoms with E-state index in [2.05, 4.69) is 56.3 Å². The SMILES string of the molecule is CCCC(CC)(c1ccccc1)c1ccc(O)cc1. The minimum Gasteiger partial charge on any atom is -0.508 e. The van der Waals surface area contributed by atoms with Crippen LogP contribution in [0.15, 0.2) is 54.6 Å². The van der Waals surface area contributed by atoms with Crippen LogP contribution in [0.5, 0.6) is 5.75 Å². The van der Waals surface area contributed by atoms with Gasteiger partial charge in [-0.2, -0.15) is 0 Å². The Kier molecular flexibility index (Phi) is 4.26. The van der Waals surface area contributed by atoms with E-state index in [0.29, 0.717) is 5.75 Å². The molecule has 0 aliphatic carbocycles. The molecule has 1 atom stereocenters. The predicted molar refractivity (Wildman–Crippen MR) is 80.5 cm³/mol. The van der Waals surface area contributed by atoms with Crippen LogP contribution >= 0.6 is 0 Å². The molecule has 0 spiro atoms. The molecular weight excluding hydrogens is 232 g/mol. The Hall–Kier alpha value is -1.76. The van der Waals surface area contributed by atoms with Crippen molar-refractivity contribution < 1.29 is 5.11 Å². The van der Waals surface area contributed by atoms with Crippen LogP contribution in [0.4, 0.5) is 0 Å². The molecule has 1 nitrogen and oxygen atoms in total. The summed E-state index contributed by atoms with van der Waals surface area (Å²) in [5, 5.41) is 9.50. The standard InChI is InChI=1S/C18H22O/c1-3-14-18(4-2,15-8-6-5-7-9-15)16-10-12-17(19)13-11-16/h5-13,19H,3-4,14H2,1-2H3. The van der Waals surface area contributed by atoms with Gasteiger partial charge in [-0.1, -0.05) is 62.7 Å². The van der Waals surface area contributed by atoms with Crippen molar-refractivity contribution in [3.05, 3.63) is 65.7 Å². The van der Waals surface area contributed by atoms with Crippen molar-refractivity contribution in [3.63, 3.8) is 0 Å². The van der Waals surface area contributed by atoms with E-state index in [1.54, 1.807) is 12.1 Å². The number of phenols is 1. The third kappa shape index (κ3) is 2.65. The third-order valence-corrected chi connectivity index (χ3v) is 4.03. The van der Waals surface area contributed by atoms with Crippen molar-refractivity contribution in [1.82, 2.24) is 0 Å². The summed E-state index contributed by atoms with van der Waals surface area (Å²) in [6.45, 7) is 4.48. The molecule has 0 saturated heterocycles. The molecular formula is C18H22O. The van der Waals surface area contributed by atoms with Gasteiger partial charge in [0.15, 0.2) is 0 Å². The Labute approximate surface area is 115 Å². The molecule has 2 rings (SSSR count). The van der Waals surface area contributed by atoms with Gasteiger partial charge in [0.1, 0.15) is 5.75 Å². The average molecular weight is 254 g/mol. The lowest BCUT2D eigenvalue weighted by molar-refractivity contribution is 0.446. The molecule has 1 unspecified atom stereocenters. The van der Waals surface area contributed by atoms with Crippen LogP contribution in [0.25, 0.3) is 0 Å². The maximum absolute atomic E-state index is 9.50. The van der Waals surface area contributed by atoms with Gasteiger partial charge in [-0.05, 0) is 36.1 Å². The zero-order valence-corrected chi connectivity index (χ0v) is 11.8. The van der Waals surface area contributed by atoms with Crippen molar-refractivity contribution in [3.8, 4) is 5.75 Å². The Balaban J connectivity index is 2.54. The zero-order valence-electron chi connectivity index (χ0n) is 11.8. The molecule has 0 radical (unpaired) electrons. The Morgan fingerprint density at radius 3 is 1.95 bits per heavy atom. The highest BCUT2D eigenvalue weighted by Gasteiger charge is 2.31. The monoisotopic (exact) mass is 254 g/mol. The molecule has 2 aromatic rings. The lowest BCUT2D eigenvalue weighted by atomic mass is 9.69. The molecule has 0 amide bonds. The fourth-order valence-corrected chi connectivity index (χ4v) is 3.00. The quantitative estimate of drug-likeness (QED) is 0.805. The first-order chi connectivity index (χ1) is 9.23. The summed E-state index contributed by atoms with van der Waals surface area (Å²) in [6.07, 6.45) is 3.33. The number of aromatic hydroxyl groups is 1. The van der Waals surface area contributed by atoms with Crippen molar-refractivity contribution >= 4 is 0 Å². The molecule has 0 bridgehead atoms. The second kappa shape index (κ2) is 5.92. The molecule has 0 aliphatic rings. The molecule has 0 fully saturated rings. The first kappa shape index (κ1) is 13.7. The Morgan fingerprint density at radius 1 is 0.842 bits per heavy atom. The summed E-state index contributed by atoms with van der Waals surface area (Å²) >= 11 is 0.